The number of anilines is 2. The highest BCUT2D eigenvalue weighted by molar-refractivity contribution is 9.10. The average molecular weight is 660 g/mol. The zero-order valence-corrected chi connectivity index (χ0v) is 25.6. The van der Waals surface area contributed by atoms with E-state index in [1.165, 1.54) is 18.1 Å². The minimum absolute atomic E-state index is 0.0443. The molecule has 0 spiro atoms. The van der Waals surface area contributed by atoms with Crippen LogP contribution in [0.5, 0.6) is 0 Å². The highest BCUT2D eigenvalue weighted by Crippen LogP contribution is 2.41. The quantitative estimate of drug-likeness (QED) is 0.0815. The Labute approximate surface area is 263 Å². The van der Waals surface area contributed by atoms with E-state index in [4.69, 9.17) is 0 Å². The number of nitrogens with one attached hydrogen (secondary N) is 1. The number of nitro groups is 2. The second-order valence-corrected chi connectivity index (χ2v) is 10.9. The van der Waals surface area contributed by atoms with Crippen molar-refractivity contribution in [2.24, 2.45) is 10.2 Å². The van der Waals surface area contributed by atoms with Crippen molar-refractivity contribution < 1.29 is 14.6 Å². The maximum Gasteiger partial charge on any atom is 0.304 e. The highest BCUT2D eigenvalue weighted by Gasteiger charge is 2.23. The van der Waals surface area contributed by atoms with Crippen LogP contribution in [0, 0.1) is 20.2 Å². The maximum atomic E-state index is 12.1. The van der Waals surface area contributed by atoms with Crippen molar-refractivity contribution in [3.05, 3.63) is 127 Å². The standard InChI is InChI=1S/C32H31BrN6O5/c1-23(40)34-30-21-26(16-17-29(30)35-36-32-28(33)20-27(38(41)42)22-31(32)39(43)44)37(18-8-14-24-10-4-2-5-11-24)19-9-15-25-12-6-3-7-13-25/h2-7,10-13,16-17,20-22H,8-9,14-15,18-19H2,1H3,(H,34,40). The molecule has 12 heteroatoms. The van der Waals surface area contributed by atoms with E-state index in [1.54, 1.807) is 6.07 Å². The van der Waals surface area contributed by atoms with Crippen LogP contribution in [0.1, 0.15) is 30.9 Å². The number of amides is 1. The largest absolute Gasteiger partial charge is 0.371 e. The number of carbonyl (C=O) groups is 1. The predicted molar refractivity (Wildman–Crippen MR) is 174 cm³/mol. The van der Waals surface area contributed by atoms with Crippen LogP contribution in [0.4, 0.5) is 34.1 Å². The van der Waals surface area contributed by atoms with Crippen LogP contribution in [0.2, 0.25) is 0 Å². The van der Waals surface area contributed by atoms with Gasteiger partial charge in [-0.05, 0) is 70.9 Å². The fourth-order valence-electron chi connectivity index (χ4n) is 4.72. The van der Waals surface area contributed by atoms with Crippen LogP contribution in [-0.2, 0) is 17.6 Å². The molecule has 0 saturated heterocycles. The lowest BCUT2D eigenvalue weighted by Crippen LogP contribution is -2.26. The summed E-state index contributed by atoms with van der Waals surface area (Å²) in [7, 11) is 0. The molecule has 44 heavy (non-hydrogen) atoms. The summed E-state index contributed by atoms with van der Waals surface area (Å²) < 4.78 is 0.0443. The molecule has 4 aromatic carbocycles. The van der Waals surface area contributed by atoms with Crippen LogP contribution in [0.15, 0.2) is 106 Å². The Balaban J connectivity index is 1.61. The van der Waals surface area contributed by atoms with Gasteiger partial charge in [0.1, 0.15) is 5.69 Å². The SMILES string of the molecule is CC(=O)Nc1cc(N(CCCc2ccccc2)CCCc2ccccc2)ccc1N=Nc1c(Br)cc([N+](=O)[O-])cc1[N+](=O)[O-]. The molecule has 226 valence electrons. The van der Waals surface area contributed by atoms with Crippen LogP contribution >= 0.6 is 15.9 Å². The molecule has 0 bridgehead atoms. The first-order chi connectivity index (χ1) is 21.2. The number of benzene rings is 4. The van der Waals surface area contributed by atoms with Gasteiger partial charge in [0.25, 0.3) is 5.69 Å². The van der Waals surface area contributed by atoms with Gasteiger partial charge in [0, 0.05) is 31.8 Å². The summed E-state index contributed by atoms with van der Waals surface area (Å²) in [5.41, 5.74) is 2.86. The average Bonchev–Trinajstić information content (AvgIpc) is 3.00. The molecule has 0 aliphatic heterocycles. The van der Waals surface area contributed by atoms with Gasteiger partial charge < -0.3 is 10.2 Å². The van der Waals surface area contributed by atoms with Gasteiger partial charge in [-0.3, -0.25) is 25.0 Å². The van der Waals surface area contributed by atoms with E-state index in [-0.39, 0.29) is 21.8 Å². The van der Waals surface area contributed by atoms with Gasteiger partial charge in [-0.15, -0.1) is 10.2 Å². The molecule has 0 aliphatic rings. The van der Waals surface area contributed by atoms with Gasteiger partial charge >= 0.3 is 5.69 Å². The van der Waals surface area contributed by atoms with E-state index in [0.717, 1.165) is 56.6 Å². The van der Waals surface area contributed by atoms with E-state index >= 15 is 0 Å². The van der Waals surface area contributed by atoms with Crippen LogP contribution in [-0.4, -0.2) is 28.8 Å². The Morgan fingerprint density at radius 3 is 1.93 bits per heavy atom. The monoisotopic (exact) mass is 658 g/mol. The minimum Gasteiger partial charge on any atom is -0.371 e. The van der Waals surface area contributed by atoms with Crippen molar-refractivity contribution in [1.29, 1.82) is 0 Å². The fourth-order valence-corrected chi connectivity index (χ4v) is 5.24. The molecule has 11 nitrogen and oxygen atoms in total. The Kier molecular flexibility index (Phi) is 11.2. The molecule has 1 amide bonds. The number of non-ortho nitro benzene ring substituents is 1. The number of halogens is 1. The van der Waals surface area contributed by atoms with Crippen molar-refractivity contribution in [3.8, 4) is 0 Å². The zero-order valence-electron chi connectivity index (χ0n) is 24.1. The Bertz CT molecular complexity index is 1600. The molecule has 4 rings (SSSR count). The van der Waals surface area contributed by atoms with Crippen LogP contribution in [0.25, 0.3) is 0 Å². The minimum atomic E-state index is -0.757. The lowest BCUT2D eigenvalue weighted by Gasteiger charge is -2.26. The van der Waals surface area contributed by atoms with Gasteiger partial charge in [-0.1, -0.05) is 60.7 Å². The van der Waals surface area contributed by atoms with Crippen LogP contribution < -0.4 is 10.2 Å². The summed E-state index contributed by atoms with van der Waals surface area (Å²) in [4.78, 5) is 35.7. The number of hydrogen-bond acceptors (Lipinski definition) is 8. The summed E-state index contributed by atoms with van der Waals surface area (Å²) in [6.07, 6.45) is 3.68. The van der Waals surface area contributed by atoms with Crippen molar-refractivity contribution in [1.82, 2.24) is 0 Å². The van der Waals surface area contributed by atoms with Crippen molar-refractivity contribution in [2.45, 2.75) is 32.6 Å². The number of azo groups is 1. The van der Waals surface area contributed by atoms with Crippen molar-refractivity contribution in [2.75, 3.05) is 23.3 Å². The predicted octanol–water partition coefficient (Wildman–Crippen LogP) is 8.71. The summed E-state index contributed by atoms with van der Waals surface area (Å²) in [6, 6.07) is 27.9. The molecule has 0 aliphatic carbocycles. The van der Waals surface area contributed by atoms with E-state index in [1.807, 2.05) is 48.5 Å². The fraction of sp³-hybridized carbons (Fsp3) is 0.219. The number of nitrogens with zero attached hydrogens (tertiary/aromatic N) is 5. The van der Waals surface area contributed by atoms with E-state index < -0.39 is 21.2 Å². The second kappa shape index (κ2) is 15.5. The Morgan fingerprint density at radius 2 is 1.41 bits per heavy atom. The Morgan fingerprint density at radius 1 is 0.818 bits per heavy atom. The summed E-state index contributed by atoms with van der Waals surface area (Å²) in [6.45, 7) is 2.95. The summed E-state index contributed by atoms with van der Waals surface area (Å²) in [5, 5.41) is 33.9. The zero-order chi connectivity index (χ0) is 31.5. The lowest BCUT2D eigenvalue weighted by molar-refractivity contribution is -0.393. The second-order valence-electron chi connectivity index (χ2n) is 10.1. The molecule has 0 aromatic heterocycles. The third-order valence-corrected chi connectivity index (χ3v) is 7.43. The van der Waals surface area contributed by atoms with E-state index in [9.17, 15) is 25.0 Å². The van der Waals surface area contributed by atoms with E-state index in [2.05, 4.69) is 60.6 Å². The molecule has 0 atom stereocenters. The van der Waals surface area contributed by atoms with Gasteiger partial charge in [-0.25, -0.2) is 0 Å². The summed E-state index contributed by atoms with van der Waals surface area (Å²) >= 11 is 3.14. The van der Waals surface area contributed by atoms with Gasteiger partial charge in [0.15, 0.2) is 5.69 Å². The first-order valence-corrected chi connectivity index (χ1v) is 14.8. The molecule has 0 unspecified atom stereocenters. The lowest BCUT2D eigenvalue weighted by atomic mass is 10.1. The highest BCUT2D eigenvalue weighted by atomic mass is 79.9. The summed E-state index contributed by atoms with van der Waals surface area (Å²) in [5.74, 6) is -0.319. The van der Waals surface area contributed by atoms with E-state index in [0.29, 0.717) is 5.69 Å². The van der Waals surface area contributed by atoms with Gasteiger partial charge in [0.2, 0.25) is 5.91 Å². The topological polar surface area (TPSA) is 143 Å². The number of hydrogen-bond donors (Lipinski definition) is 1. The van der Waals surface area contributed by atoms with Crippen molar-refractivity contribution >= 4 is 56.0 Å². The van der Waals surface area contributed by atoms with Crippen LogP contribution in [0.3, 0.4) is 0 Å². The first kappa shape index (κ1) is 32.0. The molecular weight excluding hydrogens is 628 g/mol. The molecular formula is C32H31BrN6O5. The molecule has 0 radical (unpaired) electrons. The molecule has 1 N–H and O–H groups in total. The normalized spacial score (nSPS) is 11.0. The van der Waals surface area contributed by atoms with Gasteiger partial charge in [0.05, 0.1) is 26.1 Å². The first-order valence-electron chi connectivity index (χ1n) is 14.0. The number of carbonyl (C=O) groups excluding carboxylic acids is 1. The number of aryl methyl sites for hydroxylation is 2. The number of nitro benzene ring substituents is 2. The third kappa shape index (κ3) is 9.01. The molecule has 4 aromatic rings. The number of rotatable bonds is 14. The third-order valence-electron chi connectivity index (χ3n) is 6.82. The van der Waals surface area contributed by atoms with Gasteiger partial charge in [-0.2, -0.15) is 0 Å². The smallest absolute Gasteiger partial charge is 0.304 e. The molecule has 0 saturated carbocycles. The Hall–Kier alpha value is -4.97. The molecule has 0 heterocycles. The van der Waals surface area contributed by atoms with Crippen molar-refractivity contribution in [3.63, 3.8) is 0 Å². The molecule has 0 fully saturated rings. The maximum absolute atomic E-state index is 12.1.